The first-order valence-corrected chi connectivity index (χ1v) is 9.75. The van der Waals surface area contributed by atoms with Gasteiger partial charge >= 0.3 is 12.6 Å². The maximum atomic E-state index is 12.2. The summed E-state index contributed by atoms with van der Waals surface area (Å²) in [5.41, 5.74) is 1.32. The topological polar surface area (TPSA) is 96.5 Å². The van der Waals surface area contributed by atoms with Gasteiger partial charge in [-0.05, 0) is 35.9 Å². The molecule has 146 valence electrons. The Hall–Kier alpha value is -2.59. The van der Waals surface area contributed by atoms with Crippen LogP contribution in [0.25, 0.3) is 0 Å². The number of carbonyl (C=O) groups is 1. The Balaban J connectivity index is 1.93. The van der Waals surface area contributed by atoms with E-state index in [1.165, 1.54) is 18.2 Å². The number of halogens is 3. The van der Waals surface area contributed by atoms with Crippen molar-refractivity contribution in [1.82, 2.24) is 5.32 Å². The third-order valence-electron chi connectivity index (χ3n) is 3.09. The zero-order valence-electron chi connectivity index (χ0n) is 14.0. The molecule has 27 heavy (non-hydrogen) atoms. The molecule has 0 atom stereocenters. The first-order chi connectivity index (χ1) is 12.6. The molecule has 0 aliphatic rings. The molecule has 2 aromatic rings. The van der Waals surface area contributed by atoms with Gasteiger partial charge in [-0.2, -0.15) is 8.78 Å². The van der Waals surface area contributed by atoms with Crippen LogP contribution in [0.15, 0.2) is 42.5 Å². The highest BCUT2D eigenvalue weighted by molar-refractivity contribution is 7.92. The van der Waals surface area contributed by atoms with Gasteiger partial charge in [0.1, 0.15) is 5.75 Å². The third-order valence-corrected chi connectivity index (χ3v) is 3.99. The van der Waals surface area contributed by atoms with E-state index in [1.54, 1.807) is 24.3 Å². The van der Waals surface area contributed by atoms with Gasteiger partial charge in [-0.15, -0.1) is 0 Å². The van der Waals surface area contributed by atoms with E-state index in [0.29, 0.717) is 11.3 Å². The number of amides is 2. The second-order valence-corrected chi connectivity index (χ2v) is 7.56. The van der Waals surface area contributed by atoms with Crippen LogP contribution in [0.3, 0.4) is 0 Å². The Labute approximate surface area is 159 Å². The monoisotopic (exact) mass is 419 g/mol. The Bertz CT molecular complexity index is 926. The number of nitrogens with one attached hydrogen (secondary N) is 3. The highest BCUT2D eigenvalue weighted by atomic mass is 35.5. The quantitative estimate of drug-likeness (QED) is 0.638. The summed E-state index contributed by atoms with van der Waals surface area (Å²) in [4.78, 5) is 11.9. The van der Waals surface area contributed by atoms with Crippen LogP contribution in [0.1, 0.15) is 5.56 Å². The van der Waals surface area contributed by atoms with Crippen LogP contribution in [0.4, 0.5) is 25.0 Å². The number of anilines is 2. The Kier molecular flexibility index (Phi) is 6.81. The Morgan fingerprint density at radius 2 is 1.93 bits per heavy atom. The van der Waals surface area contributed by atoms with Crippen LogP contribution in [0, 0.1) is 0 Å². The van der Waals surface area contributed by atoms with Crippen molar-refractivity contribution >= 4 is 39.0 Å². The second kappa shape index (κ2) is 8.87. The van der Waals surface area contributed by atoms with Crippen LogP contribution in [-0.2, 0) is 16.6 Å². The molecule has 0 aromatic heterocycles. The van der Waals surface area contributed by atoms with Gasteiger partial charge in [-0.3, -0.25) is 4.72 Å². The number of benzene rings is 2. The minimum Gasteiger partial charge on any atom is -0.433 e. The molecule has 0 saturated heterocycles. The second-order valence-electron chi connectivity index (χ2n) is 5.41. The molecule has 0 fully saturated rings. The molecule has 0 radical (unpaired) electrons. The predicted octanol–water partition coefficient (Wildman–Crippen LogP) is 3.63. The van der Waals surface area contributed by atoms with Crippen molar-refractivity contribution in [1.29, 1.82) is 0 Å². The van der Waals surface area contributed by atoms with Crippen molar-refractivity contribution in [3.63, 3.8) is 0 Å². The molecule has 2 rings (SSSR count). The maximum absolute atomic E-state index is 12.2. The van der Waals surface area contributed by atoms with E-state index < -0.39 is 22.7 Å². The molecule has 0 unspecified atom stereocenters. The maximum Gasteiger partial charge on any atom is 0.387 e. The van der Waals surface area contributed by atoms with Gasteiger partial charge < -0.3 is 15.4 Å². The van der Waals surface area contributed by atoms with Gasteiger partial charge in [0.15, 0.2) is 0 Å². The summed E-state index contributed by atoms with van der Waals surface area (Å²) in [7, 11) is -3.40. The van der Waals surface area contributed by atoms with Crippen LogP contribution >= 0.6 is 11.6 Å². The lowest BCUT2D eigenvalue weighted by atomic mass is 10.2. The molecule has 0 bridgehead atoms. The average Bonchev–Trinajstić information content (AvgIpc) is 2.54. The summed E-state index contributed by atoms with van der Waals surface area (Å²) in [5, 5.41) is 5.00. The molecule has 0 aliphatic carbocycles. The molecule has 0 saturated carbocycles. The van der Waals surface area contributed by atoms with Gasteiger partial charge in [0, 0.05) is 17.9 Å². The third kappa shape index (κ3) is 7.27. The minimum atomic E-state index is -3.40. The number of hydrogen-bond donors (Lipinski definition) is 3. The predicted molar refractivity (Wildman–Crippen MR) is 98.9 cm³/mol. The Morgan fingerprint density at radius 1 is 1.19 bits per heavy atom. The molecular weight excluding hydrogens is 404 g/mol. The minimum absolute atomic E-state index is 0.0762. The normalized spacial score (nSPS) is 11.1. The van der Waals surface area contributed by atoms with Gasteiger partial charge in [0.2, 0.25) is 10.0 Å². The number of urea groups is 1. The number of carbonyl (C=O) groups excluding carboxylic acids is 1. The molecule has 2 amide bonds. The summed E-state index contributed by atoms with van der Waals surface area (Å²) >= 11 is 5.81. The van der Waals surface area contributed by atoms with Gasteiger partial charge in [-0.25, -0.2) is 13.2 Å². The number of hydrogen-bond acceptors (Lipinski definition) is 4. The van der Waals surface area contributed by atoms with E-state index in [2.05, 4.69) is 20.1 Å². The van der Waals surface area contributed by atoms with Crippen molar-refractivity contribution in [3.8, 4) is 5.75 Å². The van der Waals surface area contributed by atoms with Crippen LogP contribution < -0.4 is 20.1 Å². The van der Waals surface area contributed by atoms with Crippen molar-refractivity contribution in [2.75, 3.05) is 16.3 Å². The number of rotatable bonds is 7. The number of sulfonamides is 1. The van der Waals surface area contributed by atoms with Crippen LogP contribution in [0.5, 0.6) is 5.75 Å². The lowest BCUT2D eigenvalue weighted by molar-refractivity contribution is -0.0497. The summed E-state index contributed by atoms with van der Waals surface area (Å²) in [6, 6.07) is 9.80. The first-order valence-electron chi connectivity index (χ1n) is 7.48. The molecule has 3 N–H and O–H groups in total. The zero-order valence-corrected chi connectivity index (χ0v) is 15.6. The van der Waals surface area contributed by atoms with Crippen molar-refractivity contribution in [2.45, 2.75) is 13.2 Å². The van der Waals surface area contributed by atoms with E-state index in [4.69, 9.17) is 11.6 Å². The zero-order chi connectivity index (χ0) is 20.0. The van der Waals surface area contributed by atoms with E-state index >= 15 is 0 Å². The highest BCUT2D eigenvalue weighted by Gasteiger charge is 2.10. The van der Waals surface area contributed by atoms with Crippen LogP contribution in [0.2, 0.25) is 5.02 Å². The van der Waals surface area contributed by atoms with E-state index in [0.717, 1.165) is 6.26 Å². The van der Waals surface area contributed by atoms with E-state index in [-0.39, 0.29) is 23.0 Å². The highest BCUT2D eigenvalue weighted by Crippen LogP contribution is 2.28. The van der Waals surface area contributed by atoms with Crippen molar-refractivity contribution in [2.24, 2.45) is 0 Å². The summed E-state index contributed by atoms with van der Waals surface area (Å²) in [6.45, 7) is -2.87. The largest absolute Gasteiger partial charge is 0.433 e. The van der Waals surface area contributed by atoms with Gasteiger partial charge in [-0.1, -0.05) is 23.7 Å². The molecule has 0 spiro atoms. The first kappa shape index (κ1) is 20.7. The SMILES string of the molecule is CS(=O)(=O)Nc1cccc(CNC(=O)Nc2ccc(OC(F)F)c(Cl)c2)c1. The molecule has 0 heterocycles. The van der Waals surface area contributed by atoms with E-state index in [9.17, 15) is 22.0 Å². The summed E-state index contributed by atoms with van der Waals surface area (Å²) < 4.78 is 53.4. The van der Waals surface area contributed by atoms with Crippen LogP contribution in [-0.4, -0.2) is 27.3 Å². The molecule has 7 nitrogen and oxygen atoms in total. The van der Waals surface area contributed by atoms with Gasteiger partial charge in [0.25, 0.3) is 0 Å². The standard InChI is InChI=1S/C16H16ClF2N3O4S/c1-27(24,25)22-12-4-2-3-10(7-12)9-20-16(23)21-11-5-6-14(13(17)8-11)26-15(18)19/h2-8,15,22H,9H2,1H3,(H2,20,21,23). The smallest absolute Gasteiger partial charge is 0.387 e. The molecule has 0 aliphatic heterocycles. The van der Waals surface area contributed by atoms with Crippen molar-refractivity contribution in [3.05, 3.63) is 53.1 Å². The fourth-order valence-corrected chi connectivity index (χ4v) is 2.87. The summed E-state index contributed by atoms with van der Waals surface area (Å²) in [5.74, 6) is -0.201. The van der Waals surface area contributed by atoms with Gasteiger partial charge in [0.05, 0.1) is 11.3 Å². The van der Waals surface area contributed by atoms with Crippen molar-refractivity contribution < 1.29 is 26.7 Å². The average molecular weight is 420 g/mol. The molecule has 2 aromatic carbocycles. The Morgan fingerprint density at radius 3 is 2.56 bits per heavy atom. The number of ether oxygens (including phenoxy) is 1. The van der Waals surface area contributed by atoms with E-state index in [1.807, 2.05) is 0 Å². The fraction of sp³-hybridized carbons (Fsp3) is 0.188. The fourth-order valence-electron chi connectivity index (χ4n) is 2.09. The number of alkyl halides is 2. The lowest BCUT2D eigenvalue weighted by Gasteiger charge is -2.11. The molecule has 11 heteroatoms. The molecular formula is C16H16ClF2N3O4S. The summed E-state index contributed by atoms with van der Waals surface area (Å²) in [6.07, 6.45) is 1.04. The lowest BCUT2D eigenvalue weighted by Crippen LogP contribution is -2.28.